The first-order valence-electron chi connectivity index (χ1n) is 6.14. The Morgan fingerprint density at radius 1 is 1.44 bits per heavy atom. The van der Waals surface area contributed by atoms with Crippen LogP contribution in [0.1, 0.15) is 19.8 Å². The van der Waals surface area contributed by atoms with Gasteiger partial charge in [-0.1, -0.05) is 6.92 Å². The topological polar surface area (TPSA) is 69.6 Å². The number of thioether (sulfide) groups is 2. The lowest BCUT2D eigenvalue weighted by Crippen LogP contribution is -2.52. The molecular weight excluding hydrogens is 272 g/mol. The van der Waals surface area contributed by atoms with Gasteiger partial charge in [-0.15, -0.1) is 11.8 Å². The Balaban J connectivity index is 2.01. The quantitative estimate of drug-likeness (QED) is 0.823. The fourth-order valence-corrected chi connectivity index (χ4v) is 4.74. The Morgan fingerprint density at radius 2 is 2.22 bits per heavy atom. The number of carbonyl (C=O) groups is 2. The second-order valence-corrected chi connectivity index (χ2v) is 6.83. The van der Waals surface area contributed by atoms with E-state index in [4.69, 9.17) is 5.11 Å². The van der Waals surface area contributed by atoms with Gasteiger partial charge in [0.1, 0.15) is 6.04 Å². The van der Waals surface area contributed by atoms with Crippen molar-refractivity contribution in [3.63, 3.8) is 0 Å². The highest BCUT2D eigenvalue weighted by Gasteiger charge is 2.41. The molecule has 0 aromatic heterocycles. The van der Waals surface area contributed by atoms with Gasteiger partial charge in [0.2, 0.25) is 0 Å². The predicted molar refractivity (Wildman–Crippen MR) is 74.1 cm³/mol. The molecule has 2 aliphatic heterocycles. The molecule has 0 aromatic carbocycles. The Hall–Kier alpha value is -0.560. The average molecular weight is 290 g/mol. The maximum Gasteiger partial charge on any atom is 0.327 e. The first-order valence-corrected chi connectivity index (χ1v) is 8.34. The van der Waals surface area contributed by atoms with Crippen LogP contribution in [0.3, 0.4) is 0 Å². The summed E-state index contributed by atoms with van der Waals surface area (Å²) in [6.07, 6.45) is 1.76. The van der Waals surface area contributed by atoms with E-state index in [2.05, 4.69) is 5.32 Å². The minimum Gasteiger partial charge on any atom is -0.480 e. The van der Waals surface area contributed by atoms with Crippen molar-refractivity contribution in [3.05, 3.63) is 0 Å². The van der Waals surface area contributed by atoms with E-state index in [1.165, 1.54) is 4.90 Å². The zero-order valence-electron chi connectivity index (χ0n) is 10.3. The molecular formula is C11H18N2O3S2. The molecule has 2 saturated heterocycles. The van der Waals surface area contributed by atoms with E-state index in [1.54, 1.807) is 11.8 Å². The van der Waals surface area contributed by atoms with Gasteiger partial charge in [-0.05, 0) is 18.6 Å². The summed E-state index contributed by atoms with van der Waals surface area (Å²) in [6, 6.07) is -0.708. The lowest BCUT2D eigenvalue weighted by molar-refractivity contribution is -0.141. The Morgan fingerprint density at radius 3 is 2.78 bits per heavy atom. The smallest absolute Gasteiger partial charge is 0.327 e. The van der Waals surface area contributed by atoms with Crippen LogP contribution in [0.2, 0.25) is 0 Å². The molecule has 0 radical (unpaired) electrons. The number of amides is 2. The van der Waals surface area contributed by atoms with E-state index >= 15 is 0 Å². The fourth-order valence-electron chi connectivity index (χ4n) is 2.24. The van der Waals surface area contributed by atoms with Crippen LogP contribution in [0.5, 0.6) is 0 Å². The number of nitrogens with zero attached hydrogens (tertiary/aromatic N) is 1. The molecule has 2 fully saturated rings. The molecule has 2 N–H and O–H groups in total. The number of carboxylic acids is 1. The second kappa shape index (κ2) is 6.06. The monoisotopic (exact) mass is 290 g/mol. The van der Waals surface area contributed by atoms with E-state index in [9.17, 15) is 9.59 Å². The molecule has 2 amide bonds. The minimum atomic E-state index is -0.908. The maximum absolute atomic E-state index is 12.2. The number of nitrogens with one attached hydrogen (secondary N) is 1. The summed E-state index contributed by atoms with van der Waals surface area (Å²) in [4.78, 5) is 24.9. The third-order valence-corrected chi connectivity index (χ3v) is 5.83. The number of aliphatic carboxylic acids is 1. The summed E-state index contributed by atoms with van der Waals surface area (Å²) in [6.45, 7) is 1.98. The number of rotatable bonds is 3. The Kier molecular flexibility index (Phi) is 4.66. The van der Waals surface area contributed by atoms with Crippen molar-refractivity contribution in [2.75, 3.05) is 17.3 Å². The summed E-state index contributed by atoms with van der Waals surface area (Å²) in [5, 5.41) is 12.1. The third-order valence-electron chi connectivity index (χ3n) is 3.22. The predicted octanol–water partition coefficient (Wildman–Crippen LogP) is 1.44. The highest BCUT2D eigenvalue weighted by molar-refractivity contribution is 8.00. The number of carboxylic acid groups (broad SMARTS) is 1. The second-order valence-electron chi connectivity index (χ2n) is 4.47. The molecule has 2 rings (SSSR count). The van der Waals surface area contributed by atoms with Crippen molar-refractivity contribution in [2.24, 2.45) is 0 Å². The molecule has 18 heavy (non-hydrogen) atoms. The van der Waals surface area contributed by atoms with Crippen LogP contribution in [0.15, 0.2) is 0 Å². The largest absolute Gasteiger partial charge is 0.480 e. The van der Waals surface area contributed by atoms with Crippen LogP contribution in [0.4, 0.5) is 4.79 Å². The number of hydrogen-bond donors (Lipinski definition) is 2. The van der Waals surface area contributed by atoms with Gasteiger partial charge in [0, 0.05) is 17.5 Å². The normalized spacial score (nSPS) is 31.6. The molecule has 3 unspecified atom stereocenters. The molecule has 0 saturated carbocycles. The van der Waals surface area contributed by atoms with Gasteiger partial charge in [-0.25, -0.2) is 9.59 Å². The fraction of sp³-hybridized carbons (Fsp3) is 0.818. The van der Waals surface area contributed by atoms with Crippen molar-refractivity contribution in [2.45, 2.75) is 37.2 Å². The maximum atomic E-state index is 12.2. The Labute approximate surface area is 115 Å². The number of hydrogen-bond acceptors (Lipinski definition) is 4. The van der Waals surface area contributed by atoms with Gasteiger partial charge in [-0.3, -0.25) is 4.90 Å². The van der Waals surface area contributed by atoms with E-state index in [1.807, 2.05) is 18.7 Å². The van der Waals surface area contributed by atoms with Crippen LogP contribution in [0.25, 0.3) is 0 Å². The molecule has 2 heterocycles. The molecule has 0 bridgehead atoms. The van der Waals surface area contributed by atoms with Gasteiger partial charge in [0.15, 0.2) is 0 Å². The van der Waals surface area contributed by atoms with Gasteiger partial charge in [0.05, 0.1) is 5.37 Å². The van der Waals surface area contributed by atoms with Crippen LogP contribution < -0.4 is 5.32 Å². The highest BCUT2D eigenvalue weighted by Crippen LogP contribution is 2.31. The van der Waals surface area contributed by atoms with Crippen molar-refractivity contribution < 1.29 is 14.7 Å². The third kappa shape index (κ3) is 2.88. The van der Waals surface area contributed by atoms with Crippen LogP contribution in [-0.2, 0) is 4.79 Å². The molecule has 2 aliphatic rings. The summed E-state index contributed by atoms with van der Waals surface area (Å²) < 4.78 is 0. The van der Waals surface area contributed by atoms with E-state index < -0.39 is 12.0 Å². The molecule has 3 atom stereocenters. The lowest BCUT2D eigenvalue weighted by atomic mass is 10.2. The summed E-state index contributed by atoms with van der Waals surface area (Å²) in [5.41, 5.74) is 0. The van der Waals surface area contributed by atoms with Crippen molar-refractivity contribution in [3.8, 4) is 0 Å². The van der Waals surface area contributed by atoms with Gasteiger partial charge in [0.25, 0.3) is 0 Å². The summed E-state index contributed by atoms with van der Waals surface area (Å²) >= 11 is 3.38. The SMILES string of the molecule is CCC1SCC(C(=O)O)N1C(=O)NC1CCSC1. The van der Waals surface area contributed by atoms with Crippen molar-refractivity contribution in [1.29, 1.82) is 0 Å². The molecule has 0 aliphatic carbocycles. The van der Waals surface area contributed by atoms with E-state index in [-0.39, 0.29) is 17.4 Å². The van der Waals surface area contributed by atoms with Gasteiger partial charge in [-0.2, -0.15) is 11.8 Å². The lowest BCUT2D eigenvalue weighted by Gasteiger charge is -2.28. The van der Waals surface area contributed by atoms with Crippen molar-refractivity contribution in [1.82, 2.24) is 10.2 Å². The summed E-state index contributed by atoms with van der Waals surface area (Å²) in [5.74, 6) is 1.58. The minimum absolute atomic E-state index is 0.0137. The average Bonchev–Trinajstić information content (AvgIpc) is 2.95. The van der Waals surface area contributed by atoms with Gasteiger partial charge >= 0.3 is 12.0 Å². The van der Waals surface area contributed by atoms with Crippen LogP contribution in [-0.4, -0.2) is 56.7 Å². The molecule has 102 valence electrons. The van der Waals surface area contributed by atoms with E-state index in [0.717, 1.165) is 24.3 Å². The Bertz CT molecular complexity index is 334. The van der Waals surface area contributed by atoms with Crippen LogP contribution >= 0.6 is 23.5 Å². The number of carbonyl (C=O) groups excluding carboxylic acids is 1. The first-order chi connectivity index (χ1) is 8.63. The molecule has 7 heteroatoms. The standard InChI is InChI=1S/C11H18N2O3S2/c1-2-9-13(8(6-18-9)10(14)15)11(16)12-7-3-4-17-5-7/h7-9H,2-6H2,1H3,(H,12,16)(H,14,15). The van der Waals surface area contributed by atoms with Gasteiger partial charge < -0.3 is 10.4 Å². The van der Waals surface area contributed by atoms with Crippen molar-refractivity contribution >= 4 is 35.5 Å². The van der Waals surface area contributed by atoms with E-state index in [0.29, 0.717) is 5.75 Å². The number of urea groups is 1. The molecule has 0 spiro atoms. The molecule has 5 nitrogen and oxygen atoms in total. The zero-order valence-corrected chi connectivity index (χ0v) is 11.9. The zero-order chi connectivity index (χ0) is 13.1. The highest BCUT2D eigenvalue weighted by atomic mass is 32.2. The molecule has 0 aromatic rings. The summed E-state index contributed by atoms with van der Waals surface area (Å²) in [7, 11) is 0. The van der Waals surface area contributed by atoms with Crippen LogP contribution in [0, 0.1) is 0 Å². The first kappa shape index (κ1) is 13.9.